The van der Waals surface area contributed by atoms with Crippen molar-refractivity contribution in [3.05, 3.63) is 29.6 Å². The minimum Gasteiger partial charge on any atom is -0.482 e. The van der Waals surface area contributed by atoms with E-state index in [-0.39, 0.29) is 18.4 Å². The predicted molar refractivity (Wildman–Crippen MR) is 82.0 cm³/mol. The maximum atomic E-state index is 11.7. The van der Waals surface area contributed by atoms with Crippen LogP contribution in [0.15, 0.2) is 29.6 Å². The van der Waals surface area contributed by atoms with Crippen LogP contribution < -0.4 is 10.1 Å². The molecule has 0 bridgehead atoms. The summed E-state index contributed by atoms with van der Waals surface area (Å²) in [6.07, 6.45) is 1.92. The molecule has 0 aliphatic heterocycles. The second-order valence-electron chi connectivity index (χ2n) is 5.01. The van der Waals surface area contributed by atoms with Crippen LogP contribution in [-0.2, 0) is 9.59 Å². The lowest BCUT2D eigenvalue weighted by Crippen LogP contribution is -2.12. The van der Waals surface area contributed by atoms with E-state index in [2.05, 4.69) is 10.3 Å². The van der Waals surface area contributed by atoms with Gasteiger partial charge >= 0.3 is 5.97 Å². The second-order valence-corrected chi connectivity index (χ2v) is 5.87. The molecular formula is C15H14N2O4S. The number of nitrogens with zero attached hydrogens (tertiary/aromatic N) is 1. The van der Waals surface area contributed by atoms with Gasteiger partial charge < -0.3 is 15.2 Å². The van der Waals surface area contributed by atoms with Crippen molar-refractivity contribution in [1.29, 1.82) is 0 Å². The highest BCUT2D eigenvalue weighted by atomic mass is 32.1. The van der Waals surface area contributed by atoms with E-state index in [4.69, 9.17) is 9.84 Å². The normalized spacial score (nSPS) is 13.6. The first-order chi connectivity index (χ1) is 10.6. The molecule has 0 spiro atoms. The van der Waals surface area contributed by atoms with Gasteiger partial charge in [0, 0.05) is 16.9 Å². The number of carboxylic acid groups (broad SMARTS) is 1. The summed E-state index contributed by atoms with van der Waals surface area (Å²) in [7, 11) is 0. The molecule has 1 saturated carbocycles. The topological polar surface area (TPSA) is 88.5 Å². The van der Waals surface area contributed by atoms with E-state index < -0.39 is 5.97 Å². The number of benzene rings is 1. The fraction of sp³-hybridized carbons (Fsp3) is 0.267. The van der Waals surface area contributed by atoms with Crippen LogP contribution in [0.3, 0.4) is 0 Å². The van der Waals surface area contributed by atoms with E-state index in [1.54, 1.807) is 24.3 Å². The summed E-state index contributed by atoms with van der Waals surface area (Å²) in [5, 5.41) is 13.8. The number of aromatic nitrogens is 1. The highest BCUT2D eigenvalue weighted by Crippen LogP contribution is 2.32. The van der Waals surface area contributed by atoms with Gasteiger partial charge in [-0.15, -0.1) is 11.3 Å². The molecule has 1 heterocycles. The summed E-state index contributed by atoms with van der Waals surface area (Å²) < 4.78 is 5.08. The lowest BCUT2D eigenvalue weighted by molar-refractivity contribution is -0.139. The summed E-state index contributed by atoms with van der Waals surface area (Å²) in [5.74, 6) is -0.334. The maximum Gasteiger partial charge on any atom is 0.341 e. The zero-order valence-corrected chi connectivity index (χ0v) is 12.4. The highest BCUT2D eigenvalue weighted by molar-refractivity contribution is 7.14. The molecule has 2 N–H and O–H groups in total. The van der Waals surface area contributed by atoms with Crippen LogP contribution in [0, 0.1) is 5.92 Å². The molecule has 6 nitrogen and oxygen atoms in total. The molecule has 1 aromatic carbocycles. The third kappa shape index (κ3) is 3.62. The van der Waals surface area contributed by atoms with Crippen molar-refractivity contribution in [2.24, 2.45) is 5.92 Å². The second kappa shape index (κ2) is 6.15. The number of hydrogen-bond acceptors (Lipinski definition) is 5. The highest BCUT2D eigenvalue weighted by Gasteiger charge is 2.30. The van der Waals surface area contributed by atoms with Gasteiger partial charge in [0.25, 0.3) is 0 Å². The lowest BCUT2D eigenvalue weighted by atomic mass is 10.2. The Labute approximate surface area is 130 Å². The molecule has 1 aromatic heterocycles. The molecular weight excluding hydrogens is 304 g/mol. The minimum atomic E-state index is -1.01. The van der Waals surface area contributed by atoms with E-state index in [9.17, 15) is 9.59 Å². The molecule has 1 aliphatic rings. The van der Waals surface area contributed by atoms with Gasteiger partial charge in [-0.25, -0.2) is 9.78 Å². The Balaban J connectivity index is 1.64. The Morgan fingerprint density at radius 1 is 1.32 bits per heavy atom. The van der Waals surface area contributed by atoms with Gasteiger partial charge in [-0.05, 0) is 37.1 Å². The number of thiazole rings is 1. The molecule has 0 radical (unpaired) electrons. The van der Waals surface area contributed by atoms with Crippen molar-refractivity contribution in [2.45, 2.75) is 12.8 Å². The van der Waals surface area contributed by atoms with Crippen molar-refractivity contribution >= 4 is 28.3 Å². The number of nitrogens with one attached hydrogen (secondary N) is 1. The molecule has 3 rings (SSSR count). The van der Waals surface area contributed by atoms with Crippen LogP contribution in [-0.4, -0.2) is 28.6 Å². The Morgan fingerprint density at radius 2 is 2.05 bits per heavy atom. The zero-order valence-electron chi connectivity index (χ0n) is 11.6. The Morgan fingerprint density at radius 3 is 2.68 bits per heavy atom. The van der Waals surface area contributed by atoms with Crippen molar-refractivity contribution in [3.63, 3.8) is 0 Å². The van der Waals surface area contributed by atoms with Gasteiger partial charge in [0.2, 0.25) is 5.91 Å². The molecule has 22 heavy (non-hydrogen) atoms. The summed E-state index contributed by atoms with van der Waals surface area (Å²) in [6.45, 7) is -0.368. The molecule has 0 atom stereocenters. The first-order valence-corrected chi connectivity index (χ1v) is 7.71. The number of carbonyl (C=O) groups is 2. The molecule has 1 fully saturated rings. The van der Waals surface area contributed by atoms with Gasteiger partial charge in [0.1, 0.15) is 5.75 Å². The number of hydrogen-bond donors (Lipinski definition) is 2. The molecule has 2 aromatic rings. The number of rotatable bonds is 6. The molecule has 0 saturated heterocycles. The first-order valence-electron chi connectivity index (χ1n) is 6.83. The Kier molecular flexibility index (Phi) is 4.06. The average Bonchev–Trinajstić information content (AvgIpc) is 3.26. The molecule has 114 valence electrons. The summed E-state index contributed by atoms with van der Waals surface area (Å²) >= 11 is 1.38. The number of aliphatic carboxylic acids is 1. The quantitative estimate of drug-likeness (QED) is 0.854. The van der Waals surface area contributed by atoms with Crippen LogP contribution in [0.4, 0.5) is 5.13 Å². The van der Waals surface area contributed by atoms with E-state index in [1.807, 2.05) is 5.38 Å². The lowest BCUT2D eigenvalue weighted by Gasteiger charge is -2.03. The zero-order chi connectivity index (χ0) is 15.5. The van der Waals surface area contributed by atoms with Crippen LogP contribution in [0.25, 0.3) is 11.3 Å². The van der Waals surface area contributed by atoms with Crippen LogP contribution in [0.1, 0.15) is 12.8 Å². The SMILES string of the molecule is O=C(O)COc1ccc(-c2csc(NC(=O)C3CC3)n2)cc1. The maximum absolute atomic E-state index is 11.7. The van der Waals surface area contributed by atoms with Crippen LogP contribution in [0.5, 0.6) is 5.75 Å². The standard InChI is InChI=1S/C15H14N2O4S/c18-13(19)7-21-11-5-3-9(4-6-11)12-8-22-15(16-12)17-14(20)10-1-2-10/h3-6,8,10H,1-2,7H2,(H,18,19)(H,16,17,20). The van der Waals surface area contributed by atoms with Gasteiger partial charge in [-0.3, -0.25) is 4.79 Å². The average molecular weight is 318 g/mol. The Hall–Kier alpha value is -2.41. The smallest absolute Gasteiger partial charge is 0.341 e. The monoisotopic (exact) mass is 318 g/mol. The largest absolute Gasteiger partial charge is 0.482 e. The van der Waals surface area contributed by atoms with Crippen LogP contribution in [0.2, 0.25) is 0 Å². The van der Waals surface area contributed by atoms with Crippen molar-refractivity contribution in [2.75, 3.05) is 11.9 Å². The molecule has 0 unspecified atom stereocenters. The van der Waals surface area contributed by atoms with Gasteiger partial charge in [0.15, 0.2) is 11.7 Å². The summed E-state index contributed by atoms with van der Waals surface area (Å²) in [5.41, 5.74) is 1.65. The van der Waals surface area contributed by atoms with Crippen molar-refractivity contribution in [3.8, 4) is 17.0 Å². The number of anilines is 1. The summed E-state index contributed by atoms with van der Waals surface area (Å²) in [6, 6.07) is 7.00. The molecule has 1 aliphatic carbocycles. The van der Waals surface area contributed by atoms with Gasteiger partial charge in [0.05, 0.1) is 5.69 Å². The van der Waals surface area contributed by atoms with E-state index >= 15 is 0 Å². The predicted octanol–water partition coefficient (Wildman–Crippen LogP) is 2.62. The number of amides is 1. The summed E-state index contributed by atoms with van der Waals surface area (Å²) in [4.78, 5) is 26.5. The minimum absolute atomic E-state index is 0.0401. The first kappa shape index (κ1) is 14.5. The third-order valence-corrected chi connectivity index (χ3v) is 3.95. The van der Waals surface area contributed by atoms with Gasteiger partial charge in [-0.1, -0.05) is 0 Å². The van der Waals surface area contributed by atoms with Gasteiger partial charge in [-0.2, -0.15) is 0 Å². The van der Waals surface area contributed by atoms with E-state index in [0.717, 1.165) is 24.1 Å². The van der Waals surface area contributed by atoms with Crippen molar-refractivity contribution in [1.82, 2.24) is 4.98 Å². The van der Waals surface area contributed by atoms with E-state index in [0.29, 0.717) is 10.9 Å². The van der Waals surface area contributed by atoms with Crippen molar-refractivity contribution < 1.29 is 19.4 Å². The third-order valence-electron chi connectivity index (χ3n) is 3.19. The van der Waals surface area contributed by atoms with E-state index in [1.165, 1.54) is 11.3 Å². The molecule has 1 amide bonds. The number of carboxylic acids is 1. The fourth-order valence-electron chi connectivity index (χ4n) is 1.88. The molecule has 7 heteroatoms. The fourth-order valence-corrected chi connectivity index (χ4v) is 2.61. The number of carbonyl (C=O) groups excluding carboxylic acids is 1. The number of ether oxygens (including phenoxy) is 1. The van der Waals surface area contributed by atoms with Crippen LogP contribution >= 0.6 is 11.3 Å². The Bertz CT molecular complexity index is 692.